The Morgan fingerprint density at radius 2 is 1.67 bits per heavy atom. The zero-order valence-electron chi connectivity index (χ0n) is 6.79. The quantitative estimate of drug-likeness (QED) is 0.706. The molecule has 66 valence electrons. The summed E-state index contributed by atoms with van der Waals surface area (Å²) in [5, 5.41) is 16.4. The maximum absolute atomic E-state index is 8.87. The van der Waals surface area contributed by atoms with Crippen molar-refractivity contribution < 1.29 is 10.2 Å². The maximum atomic E-state index is 8.87. The first-order chi connectivity index (χ1) is 5.70. The Hall–Kier alpha value is -0.990. The zero-order chi connectivity index (χ0) is 9.56. The molecule has 0 amide bonds. The Bertz CT molecular complexity index is 241. The molecular weight excluding hydrogens is 176 g/mol. The standard InChI is InChI=1S/C8H7ClO.CH4O/c1-6(9)7-2-4-8(10)5-3-7;1-2/h2-5,10H,1H2;2H,1H3. The number of phenols is 1. The van der Waals surface area contributed by atoms with Crippen LogP contribution in [0.4, 0.5) is 0 Å². The van der Waals surface area contributed by atoms with Gasteiger partial charge in [0, 0.05) is 12.1 Å². The number of benzene rings is 1. The van der Waals surface area contributed by atoms with Crippen molar-refractivity contribution >= 4 is 16.6 Å². The third-order valence-corrected chi connectivity index (χ3v) is 1.40. The largest absolute Gasteiger partial charge is 0.508 e. The summed E-state index contributed by atoms with van der Waals surface area (Å²) >= 11 is 5.58. The van der Waals surface area contributed by atoms with Gasteiger partial charge in [-0.05, 0) is 29.8 Å². The first-order valence-corrected chi connectivity index (χ1v) is 3.66. The number of phenolic OH excluding ortho intramolecular Hbond substituents is 1. The number of aliphatic hydroxyl groups is 1. The molecule has 0 aliphatic heterocycles. The number of aromatic hydroxyl groups is 1. The molecule has 0 fully saturated rings. The van der Waals surface area contributed by atoms with Crippen LogP contribution in [0.25, 0.3) is 5.03 Å². The Morgan fingerprint density at radius 3 is 2.00 bits per heavy atom. The molecule has 0 saturated carbocycles. The molecule has 0 saturated heterocycles. The Kier molecular flexibility index (Phi) is 5.17. The van der Waals surface area contributed by atoms with Gasteiger partial charge in [-0.2, -0.15) is 0 Å². The van der Waals surface area contributed by atoms with Crippen LogP contribution in [0.2, 0.25) is 0 Å². The molecule has 1 aromatic carbocycles. The van der Waals surface area contributed by atoms with Gasteiger partial charge in [0.05, 0.1) is 0 Å². The van der Waals surface area contributed by atoms with Crippen LogP contribution < -0.4 is 0 Å². The van der Waals surface area contributed by atoms with Crippen molar-refractivity contribution in [3.63, 3.8) is 0 Å². The van der Waals surface area contributed by atoms with Crippen molar-refractivity contribution in [2.45, 2.75) is 0 Å². The molecule has 0 aliphatic carbocycles. The predicted molar refractivity (Wildman–Crippen MR) is 51.1 cm³/mol. The minimum atomic E-state index is 0.238. The fraction of sp³-hybridized carbons (Fsp3) is 0.111. The smallest absolute Gasteiger partial charge is 0.115 e. The highest BCUT2D eigenvalue weighted by atomic mass is 35.5. The van der Waals surface area contributed by atoms with Gasteiger partial charge < -0.3 is 10.2 Å². The van der Waals surface area contributed by atoms with E-state index in [-0.39, 0.29) is 5.75 Å². The lowest BCUT2D eigenvalue weighted by atomic mass is 10.2. The van der Waals surface area contributed by atoms with Crippen LogP contribution in [-0.2, 0) is 0 Å². The van der Waals surface area contributed by atoms with Gasteiger partial charge in [0.15, 0.2) is 0 Å². The molecule has 0 unspecified atom stereocenters. The summed E-state index contributed by atoms with van der Waals surface area (Å²) in [5.41, 5.74) is 0.833. The highest BCUT2D eigenvalue weighted by molar-refractivity contribution is 6.48. The molecule has 0 aromatic heterocycles. The fourth-order valence-corrected chi connectivity index (χ4v) is 0.768. The third-order valence-electron chi connectivity index (χ3n) is 1.18. The average Bonchev–Trinajstić information content (AvgIpc) is 2.09. The molecule has 0 bridgehead atoms. The molecule has 12 heavy (non-hydrogen) atoms. The van der Waals surface area contributed by atoms with Crippen LogP contribution >= 0.6 is 11.6 Å². The molecule has 3 heteroatoms. The summed E-state index contributed by atoms with van der Waals surface area (Å²) in [4.78, 5) is 0. The molecule has 0 radical (unpaired) electrons. The SMILES string of the molecule is C=C(Cl)c1ccc(O)cc1.CO. The molecule has 0 spiro atoms. The highest BCUT2D eigenvalue weighted by Crippen LogP contribution is 2.18. The molecule has 0 heterocycles. The monoisotopic (exact) mass is 186 g/mol. The van der Waals surface area contributed by atoms with E-state index in [9.17, 15) is 0 Å². The average molecular weight is 187 g/mol. The van der Waals surface area contributed by atoms with Gasteiger partial charge in [0.2, 0.25) is 0 Å². The van der Waals surface area contributed by atoms with Crippen LogP contribution in [0.3, 0.4) is 0 Å². The van der Waals surface area contributed by atoms with Gasteiger partial charge >= 0.3 is 0 Å². The number of aliphatic hydroxyl groups excluding tert-OH is 1. The van der Waals surface area contributed by atoms with Crippen molar-refractivity contribution in [1.29, 1.82) is 0 Å². The summed E-state index contributed by atoms with van der Waals surface area (Å²) in [5.74, 6) is 0.238. The Balaban J connectivity index is 0.000000561. The first-order valence-electron chi connectivity index (χ1n) is 3.28. The van der Waals surface area contributed by atoms with Gasteiger partial charge in [-0.1, -0.05) is 18.2 Å². The molecule has 2 N–H and O–H groups in total. The Labute approximate surface area is 76.7 Å². The van der Waals surface area contributed by atoms with Gasteiger partial charge in [0.25, 0.3) is 0 Å². The molecule has 0 atom stereocenters. The van der Waals surface area contributed by atoms with Crippen LogP contribution in [-0.4, -0.2) is 17.3 Å². The zero-order valence-corrected chi connectivity index (χ0v) is 7.54. The number of hydrogen-bond acceptors (Lipinski definition) is 2. The van der Waals surface area contributed by atoms with Gasteiger partial charge in [-0.15, -0.1) is 0 Å². The van der Waals surface area contributed by atoms with Crippen molar-refractivity contribution in [2.24, 2.45) is 0 Å². The predicted octanol–water partition coefficient (Wildman–Crippen LogP) is 2.21. The second kappa shape index (κ2) is 5.63. The van der Waals surface area contributed by atoms with Gasteiger partial charge in [-0.3, -0.25) is 0 Å². The van der Waals surface area contributed by atoms with Crippen LogP contribution in [0, 0.1) is 0 Å². The Morgan fingerprint density at radius 1 is 1.25 bits per heavy atom. The number of hydrogen-bond donors (Lipinski definition) is 2. The third kappa shape index (κ3) is 3.42. The molecule has 0 aliphatic rings. The van der Waals surface area contributed by atoms with E-state index >= 15 is 0 Å². The summed E-state index contributed by atoms with van der Waals surface area (Å²) in [6.45, 7) is 3.54. The van der Waals surface area contributed by atoms with Crippen LogP contribution in [0.1, 0.15) is 5.56 Å². The van der Waals surface area contributed by atoms with E-state index in [1.807, 2.05) is 0 Å². The van der Waals surface area contributed by atoms with Crippen molar-refractivity contribution in [3.05, 3.63) is 36.4 Å². The highest BCUT2D eigenvalue weighted by Gasteiger charge is 1.92. The van der Waals surface area contributed by atoms with Crippen LogP contribution in [0.5, 0.6) is 5.75 Å². The minimum Gasteiger partial charge on any atom is -0.508 e. The van der Waals surface area contributed by atoms with E-state index in [2.05, 4.69) is 6.58 Å². The van der Waals surface area contributed by atoms with Gasteiger partial charge in [-0.25, -0.2) is 0 Å². The topological polar surface area (TPSA) is 40.5 Å². The fourth-order valence-electron chi connectivity index (χ4n) is 0.642. The lowest BCUT2D eigenvalue weighted by Crippen LogP contribution is -1.72. The molecule has 1 rings (SSSR count). The molecule has 1 aromatic rings. The summed E-state index contributed by atoms with van der Waals surface area (Å²) in [7, 11) is 1.00. The van der Waals surface area contributed by atoms with E-state index in [0.717, 1.165) is 12.7 Å². The minimum absolute atomic E-state index is 0.238. The van der Waals surface area contributed by atoms with E-state index in [4.69, 9.17) is 21.8 Å². The number of halogens is 1. The lowest BCUT2D eigenvalue weighted by Gasteiger charge is -1.95. The maximum Gasteiger partial charge on any atom is 0.115 e. The van der Waals surface area contributed by atoms with E-state index in [0.29, 0.717) is 5.03 Å². The van der Waals surface area contributed by atoms with E-state index < -0.39 is 0 Å². The molecular formula is C9H11ClO2. The normalized spacial score (nSPS) is 8.25. The summed E-state index contributed by atoms with van der Waals surface area (Å²) in [6.07, 6.45) is 0. The van der Waals surface area contributed by atoms with Crippen molar-refractivity contribution in [1.82, 2.24) is 0 Å². The second-order valence-electron chi connectivity index (χ2n) is 1.95. The summed E-state index contributed by atoms with van der Waals surface area (Å²) < 4.78 is 0. The lowest BCUT2D eigenvalue weighted by molar-refractivity contribution is 0.399. The van der Waals surface area contributed by atoms with Crippen LogP contribution in [0.15, 0.2) is 30.8 Å². The second-order valence-corrected chi connectivity index (χ2v) is 2.41. The summed E-state index contributed by atoms with van der Waals surface area (Å²) in [6, 6.07) is 6.57. The molecule has 2 nitrogen and oxygen atoms in total. The van der Waals surface area contributed by atoms with E-state index in [1.54, 1.807) is 24.3 Å². The number of rotatable bonds is 1. The van der Waals surface area contributed by atoms with E-state index in [1.165, 1.54) is 0 Å². The van der Waals surface area contributed by atoms with Crippen molar-refractivity contribution in [3.8, 4) is 5.75 Å². The van der Waals surface area contributed by atoms with Crippen molar-refractivity contribution in [2.75, 3.05) is 7.11 Å². The first kappa shape index (κ1) is 11.0. The van der Waals surface area contributed by atoms with Gasteiger partial charge in [0.1, 0.15) is 5.75 Å².